The number of nitrogens with one attached hydrogen (secondary N) is 1. The van der Waals surface area contributed by atoms with Crippen molar-refractivity contribution in [1.82, 2.24) is 0 Å². The molecular weight excluding hydrogens is 262 g/mol. The fourth-order valence-electron chi connectivity index (χ4n) is 2.77. The van der Waals surface area contributed by atoms with Crippen LogP contribution in [0.2, 0.25) is 0 Å². The fraction of sp³-hybridized carbons (Fsp3) is 0.235. The van der Waals surface area contributed by atoms with Gasteiger partial charge in [-0.3, -0.25) is 10.6 Å². The molecule has 3 rings (SSSR count). The van der Waals surface area contributed by atoms with Crippen molar-refractivity contribution in [1.29, 1.82) is 0 Å². The second kappa shape index (κ2) is 5.97. The molecule has 1 heterocycles. The topological polar surface area (TPSA) is 58.4 Å². The molecule has 0 unspecified atom stereocenters. The van der Waals surface area contributed by atoms with E-state index in [1.54, 1.807) is 0 Å². The molecule has 0 saturated carbocycles. The van der Waals surface area contributed by atoms with Crippen LogP contribution < -0.4 is 16.2 Å². The third kappa shape index (κ3) is 2.76. The van der Waals surface area contributed by atoms with E-state index < -0.39 is 0 Å². The molecule has 1 aliphatic heterocycles. The van der Waals surface area contributed by atoms with Gasteiger partial charge in [0.05, 0.1) is 0 Å². The van der Waals surface area contributed by atoms with Crippen molar-refractivity contribution >= 4 is 17.3 Å². The lowest BCUT2D eigenvalue weighted by Crippen LogP contribution is -2.31. The summed E-state index contributed by atoms with van der Waals surface area (Å²) < 4.78 is 0. The van der Waals surface area contributed by atoms with E-state index in [-0.39, 0.29) is 5.91 Å². The minimum Gasteiger partial charge on any atom is -0.324 e. The second-order valence-corrected chi connectivity index (χ2v) is 5.26. The molecule has 4 nitrogen and oxygen atoms in total. The van der Waals surface area contributed by atoms with E-state index >= 15 is 0 Å². The minimum atomic E-state index is 0.0490. The van der Waals surface area contributed by atoms with Gasteiger partial charge in [0.15, 0.2) is 0 Å². The Morgan fingerprint density at radius 1 is 1.05 bits per heavy atom. The molecule has 0 fully saturated rings. The Bertz CT molecular complexity index is 637. The predicted molar refractivity (Wildman–Crippen MR) is 85.3 cm³/mol. The predicted octanol–water partition coefficient (Wildman–Crippen LogP) is 2.96. The van der Waals surface area contributed by atoms with Crippen LogP contribution in [0.3, 0.4) is 0 Å². The van der Waals surface area contributed by atoms with Crippen LogP contribution in [0, 0.1) is 0 Å². The molecule has 0 radical (unpaired) electrons. The number of aryl methyl sites for hydroxylation is 1. The SMILES string of the molecule is NNc1ccc(C(=O)N2CCCCc3ccccc32)cc1. The van der Waals surface area contributed by atoms with Gasteiger partial charge in [-0.25, -0.2) is 0 Å². The highest BCUT2D eigenvalue weighted by Gasteiger charge is 2.21. The highest BCUT2D eigenvalue weighted by molar-refractivity contribution is 6.06. The number of hydrazine groups is 1. The molecule has 0 atom stereocenters. The maximum absolute atomic E-state index is 12.8. The number of hydrogen-bond acceptors (Lipinski definition) is 3. The molecule has 0 bridgehead atoms. The zero-order valence-corrected chi connectivity index (χ0v) is 11.9. The molecule has 108 valence electrons. The van der Waals surface area contributed by atoms with Gasteiger partial charge in [0, 0.05) is 23.5 Å². The first-order valence-electron chi connectivity index (χ1n) is 7.26. The van der Waals surface area contributed by atoms with Gasteiger partial charge in [0.25, 0.3) is 5.91 Å². The highest BCUT2D eigenvalue weighted by atomic mass is 16.2. The lowest BCUT2D eigenvalue weighted by Gasteiger charge is -2.23. The quantitative estimate of drug-likeness (QED) is 0.657. The van der Waals surface area contributed by atoms with Gasteiger partial charge in [-0.05, 0) is 55.2 Å². The summed E-state index contributed by atoms with van der Waals surface area (Å²) in [6.07, 6.45) is 3.19. The first kappa shape index (κ1) is 13.6. The van der Waals surface area contributed by atoms with Gasteiger partial charge in [0.1, 0.15) is 0 Å². The molecule has 0 aromatic heterocycles. The van der Waals surface area contributed by atoms with Gasteiger partial charge < -0.3 is 10.3 Å². The minimum absolute atomic E-state index is 0.0490. The summed E-state index contributed by atoms with van der Waals surface area (Å²) in [5.74, 6) is 5.41. The average molecular weight is 281 g/mol. The monoisotopic (exact) mass is 281 g/mol. The molecule has 2 aromatic rings. The third-order valence-corrected chi connectivity index (χ3v) is 3.90. The number of amides is 1. The molecule has 0 aliphatic carbocycles. The van der Waals surface area contributed by atoms with E-state index in [4.69, 9.17) is 5.84 Å². The van der Waals surface area contributed by atoms with E-state index in [1.165, 1.54) is 5.56 Å². The van der Waals surface area contributed by atoms with Crippen LogP contribution in [0.1, 0.15) is 28.8 Å². The second-order valence-electron chi connectivity index (χ2n) is 5.26. The zero-order chi connectivity index (χ0) is 14.7. The summed E-state index contributed by atoms with van der Waals surface area (Å²) in [5.41, 5.74) is 6.35. The zero-order valence-electron chi connectivity index (χ0n) is 11.9. The van der Waals surface area contributed by atoms with Crippen LogP contribution in [0.25, 0.3) is 0 Å². The summed E-state index contributed by atoms with van der Waals surface area (Å²) in [6, 6.07) is 15.4. The summed E-state index contributed by atoms with van der Waals surface area (Å²) in [7, 11) is 0. The number of hydrogen-bond donors (Lipinski definition) is 2. The van der Waals surface area contributed by atoms with E-state index in [0.717, 1.165) is 37.2 Å². The Labute approximate surface area is 124 Å². The first-order valence-corrected chi connectivity index (χ1v) is 7.26. The van der Waals surface area contributed by atoms with Crippen molar-refractivity contribution in [2.75, 3.05) is 16.9 Å². The summed E-state index contributed by atoms with van der Waals surface area (Å²) in [6.45, 7) is 0.771. The van der Waals surface area contributed by atoms with Crippen LogP contribution in [0.4, 0.5) is 11.4 Å². The Kier molecular flexibility index (Phi) is 3.88. The number of benzene rings is 2. The maximum atomic E-state index is 12.8. The molecular formula is C17H19N3O. The fourth-order valence-corrected chi connectivity index (χ4v) is 2.77. The van der Waals surface area contributed by atoms with E-state index in [9.17, 15) is 4.79 Å². The molecule has 4 heteroatoms. The van der Waals surface area contributed by atoms with Crippen LogP contribution in [0.5, 0.6) is 0 Å². The van der Waals surface area contributed by atoms with Gasteiger partial charge in [-0.2, -0.15) is 0 Å². The number of nitrogens with two attached hydrogens (primary N) is 1. The number of fused-ring (bicyclic) bond motifs is 1. The molecule has 2 aromatic carbocycles. The number of carbonyl (C=O) groups is 1. The van der Waals surface area contributed by atoms with Gasteiger partial charge >= 0.3 is 0 Å². The first-order chi connectivity index (χ1) is 10.3. The highest BCUT2D eigenvalue weighted by Crippen LogP contribution is 2.27. The molecule has 0 saturated heterocycles. The molecule has 0 spiro atoms. The van der Waals surface area contributed by atoms with Crippen molar-refractivity contribution in [2.45, 2.75) is 19.3 Å². The third-order valence-electron chi connectivity index (χ3n) is 3.90. The maximum Gasteiger partial charge on any atom is 0.258 e. The standard InChI is InChI=1S/C17H19N3O/c18-19-15-10-8-14(9-11-15)17(21)20-12-4-3-6-13-5-1-2-7-16(13)20/h1-2,5,7-11,19H,3-4,6,12,18H2. The number of rotatable bonds is 2. The number of anilines is 2. The largest absolute Gasteiger partial charge is 0.324 e. The van der Waals surface area contributed by atoms with Crippen molar-refractivity contribution in [3.05, 3.63) is 59.7 Å². The van der Waals surface area contributed by atoms with Crippen molar-refractivity contribution in [3.63, 3.8) is 0 Å². The average Bonchev–Trinajstić information content (AvgIpc) is 2.77. The number of para-hydroxylation sites is 1. The Balaban J connectivity index is 1.93. The normalized spacial score (nSPS) is 14.2. The summed E-state index contributed by atoms with van der Waals surface area (Å²) in [5, 5.41) is 0. The van der Waals surface area contributed by atoms with Crippen LogP contribution in [-0.2, 0) is 6.42 Å². The summed E-state index contributed by atoms with van der Waals surface area (Å²) in [4.78, 5) is 14.7. The van der Waals surface area contributed by atoms with Crippen LogP contribution in [0.15, 0.2) is 48.5 Å². The van der Waals surface area contributed by atoms with Gasteiger partial charge in [0.2, 0.25) is 0 Å². The number of nitrogens with zero attached hydrogens (tertiary/aromatic N) is 1. The molecule has 21 heavy (non-hydrogen) atoms. The van der Waals surface area contributed by atoms with Gasteiger partial charge in [-0.15, -0.1) is 0 Å². The number of carbonyl (C=O) groups excluding carboxylic acids is 1. The molecule has 3 N–H and O–H groups in total. The smallest absolute Gasteiger partial charge is 0.258 e. The van der Waals surface area contributed by atoms with Crippen molar-refractivity contribution < 1.29 is 4.79 Å². The Morgan fingerprint density at radius 3 is 2.57 bits per heavy atom. The lowest BCUT2D eigenvalue weighted by atomic mass is 10.1. The Hall–Kier alpha value is -2.33. The lowest BCUT2D eigenvalue weighted by molar-refractivity contribution is 0.0987. The van der Waals surface area contributed by atoms with E-state index in [0.29, 0.717) is 5.56 Å². The van der Waals surface area contributed by atoms with Crippen molar-refractivity contribution in [2.24, 2.45) is 5.84 Å². The van der Waals surface area contributed by atoms with E-state index in [2.05, 4.69) is 11.5 Å². The Morgan fingerprint density at radius 2 is 1.81 bits per heavy atom. The summed E-state index contributed by atoms with van der Waals surface area (Å²) >= 11 is 0. The molecule has 1 amide bonds. The molecule has 1 aliphatic rings. The van der Waals surface area contributed by atoms with Crippen LogP contribution in [-0.4, -0.2) is 12.5 Å². The number of nitrogen functional groups attached to an aromatic ring is 1. The van der Waals surface area contributed by atoms with Crippen molar-refractivity contribution in [3.8, 4) is 0 Å². The van der Waals surface area contributed by atoms with Crippen LogP contribution >= 0.6 is 0 Å². The van der Waals surface area contributed by atoms with Gasteiger partial charge in [-0.1, -0.05) is 18.2 Å². The van der Waals surface area contributed by atoms with E-state index in [1.807, 2.05) is 47.4 Å².